The van der Waals surface area contributed by atoms with Crippen molar-refractivity contribution < 1.29 is 9.13 Å². The third kappa shape index (κ3) is 2.62. The molecule has 3 aromatic rings. The number of nitrogen functional groups attached to an aromatic ring is 1. The van der Waals surface area contributed by atoms with Crippen LogP contribution in [0.2, 0.25) is 0 Å². The molecule has 1 aromatic carbocycles. The molecule has 3 N–H and O–H groups in total. The highest BCUT2D eigenvalue weighted by atomic mass is 32.2. The minimum atomic E-state index is -0.479. The first kappa shape index (κ1) is 13.6. The number of aromatic amines is 1. The van der Waals surface area contributed by atoms with Crippen LogP contribution in [0.1, 0.15) is 6.92 Å². The highest BCUT2D eigenvalue weighted by molar-refractivity contribution is 7.99. The van der Waals surface area contributed by atoms with Gasteiger partial charge in [-0.3, -0.25) is 0 Å². The number of ether oxygens (including phenoxy) is 1. The van der Waals surface area contributed by atoms with E-state index in [0.29, 0.717) is 33.4 Å². The molecule has 0 spiro atoms. The maximum Gasteiger partial charge on any atom is 0.181 e. The molecule has 6 nitrogen and oxygen atoms in total. The topological polar surface area (TPSA) is 89.7 Å². The molecular weight excluding hydrogens is 293 g/mol. The highest BCUT2D eigenvalue weighted by Crippen LogP contribution is 2.36. The number of benzene rings is 1. The lowest BCUT2D eigenvalue weighted by Crippen LogP contribution is -1.98. The number of H-pyrrole nitrogens is 1. The molecule has 2 heterocycles. The van der Waals surface area contributed by atoms with E-state index in [4.69, 9.17) is 10.5 Å². The Morgan fingerprint density at radius 1 is 1.33 bits per heavy atom. The summed E-state index contributed by atoms with van der Waals surface area (Å²) in [6.45, 7) is 2.17. The standard InChI is InChI=1S/C13H12FN5OS/c1-2-20-9-4-10(8(15)3-7(9)14)21-13-11-12(17-5-16-11)18-6-19-13/h3-6H,2,15H2,1H3,(H,16,17,18,19). The summed E-state index contributed by atoms with van der Waals surface area (Å²) in [6.07, 6.45) is 2.97. The molecule has 0 amide bonds. The fraction of sp³-hybridized carbons (Fsp3) is 0.154. The third-order valence-corrected chi connectivity index (χ3v) is 3.84. The summed E-state index contributed by atoms with van der Waals surface area (Å²) < 4.78 is 18.9. The third-order valence-electron chi connectivity index (χ3n) is 2.76. The molecule has 21 heavy (non-hydrogen) atoms. The Morgan fingerprint density at radius 2 is 2.19 bits per heavy atom. The van der Waals surface area contributed by atoms with Gasteiger partial charge in [-0.15, -0.1) is 0 Å². The van der Waals surface area contributed by atoms with Crippen LogP contribution in [-0.2, 0) is 0 Å². The van der Waals surface area contributed by atoms with E-state index in [2.05, 4.69) is 19.9 Å². The van der Waals surface area contributed by atoms with Crippen LogP contribution in [0.5, 0.6) is 5.75 Å². The van der Waals surface area contributed by atoms with Crippen LogP contribution in [0.25, 0.3) is 11.2 Å². The van der Waals surface area contributed by atoms with E-state index in [0.717, 1.165) is 0 Å². The number of fused-ring (bicyclic) bond motifs is 1. The van der Waals surface area contributed by atoms with Gasteiger partial charge in [-0.2, -0.15) is 0 Å². The second kappa shape index (κ2) is 5.57. The first-order valence-corrected chi connectivity index (χ1v) is 7.04. The lowest BCUT2D eigenvalue weighted by Gasteiger charge is -2.10. The van der Waals surface area contributed by atoms with Gasteiger partial charge in [0.1, 0.15) is 16.9 Å². The highest BCUT2D eigenvalue weighted by Gasteiger charge is 2.13. The van der Waals surface area contributed by atoms with E-state index in [-0.39, 0.29) is 5.75 Å². The van der Waals surface area contributed by atoms with Gasteiger partial charge < -0.3 is 15.5 Å². The Morgan fingerprint density at radius 3 is 3.00 bits per heavy atom. The summed E-state index contributed by atoms with van der Waals surface area (Å²) in [7, 11) is 0. The van der Waals surface area contributed by atoms with Crippen molar-refractivity contribution in [3.63, 3.8) is 0 Å². The minimum absolute atomic E-state index is 0.170. The fourth-order valence-corrected chi connectivity index (χ4v) is 2.73. The summed E-state index contributed by atoms with van der Waals surface area (Å²) >= 11 is 1.30. The summed E-state index contributed by atoms with van der Waals surface area (Å²) in [5.41, 5.74) is 7.47. The zero-order valence-corrected chi connectivity index (χ0v) is 11.9. The summed E-state index contributed by atoms with van der Waals surface area (Å²) in [5.74, 6) is -0.308. The first-order valence-electron chi connectivity index (χ1n) is 6.22. The van der Waals surface area contributed by atoms with Crippen LogP contribution in [0.15, 0.2) is 34.7 Å². The lowest BCUT2D eigenvalue weighted by atomic mass is 10.3. The van der Waals surface area contributed by atoms with Crippen LogP contribution >= 0.6 is 11.8 Å². The number of hydrogen-bond donors (Lipinski definition) is 2. The van der Waals surface area contributed by atoms with Crippen LogP contribution < -0.4 is 10.5 Å². The van der Waals surface area contributed by atoms with E-state index in [1.165, 1.54) is 24.2 Å². The maximum atomic E-state index is 13.7. The summed E-state index contributed by atoms with van der Waals surface area (Å²) in [5, 5.41) is 0.665. The van der Waals surface area contributed by atoms with Gasteiger partial charge in [-0.05, 0) is 13.0 Å². The average molecular weight is 305 g/mol. The molecule has 0 atom stereocenters. The molecule has 108 valence electrons. The molecule has 0 bridgehead atoms. The van der Waals surface area contributed by atoms with E-state index in [1.54, 1.807) is 19.3 Å². The van der Waals surface area contributed by atoms with Crippen molar-refractivity contribution in [2.24, 2.45) is 0 Å². The number of halogens is 1. The van der Waals surface area contributed by atoms with E-state index in [9.17, 15) is 4.39 Å². The van der Waals surface area contributed by atoms with Gasteiger partial charge in [0.05, 0.1) is 12.9 Å². The lowest BCUT2D eigenvalue weighted by molar-refractivity contribution is 0.321. The molecule has 0 radical (unpaired) electrons. The minimum Gasteiger partial charge on any atom is -0.491 e. The molecule has 0 fully saturated rings. The number of nitrogens with zero attached hydrogens (tertiary/aromatic N) is 3. The Kier molecular flexibility index (Phi) is 3.61. The van der Waals surface area contributed by atoms with Crippen LogP contribution in [0, 0.1) is 5.82 Å². The number of anilines is 1. The number of imidazole rings is 1. The molecule has 0 unspecified atom stereocenters. The number of nitrogens with two attached hydrogens (primary N) is 1. The maximum absolute atomic E-state index is 13.7. The van der Waals surface area contributed by atoms with Crippen molar-refractivity contribution >= 4 is 28.6 Å². The largest absolute Gasteiger partial charge is 0.491 e. The van der Waals surface area contributed by atoms with E-state index < -0.39 is 5.82 Å². The average Bonchev–Trinajstić information content (AvgIpc) is 2.93. The number of rotatable bonds is 4. The number of nitrogens with one attached hydrogen (secondary N) is 1. The van der Waals surface area contributed by atoms with Gasteiger partial charge in [0.2, 0.25) is 0 Å². The van der Waals surface area contributed by atoms with E-state index in [1.807, 2.05) is 0 Å². The van der Waals surface area contributed by atoms with Crippen molar-refractivity contribution in [1.82, 2.24) is 19.9 Å². The Labute approximate surface area is 124 Å². The molecular formula is C13H12FN5OS. The van der Waals surface area contributed by atoms with Crippen molar-refractivity contribution in [2.45, 2.75) is 16.8 Å². The number of hydrogen-bond acceptors (Lipinski definition) is 6. The molecule has 0 aliphatic heterocycles. The second-order valence-electron chi connectivity index (χ2n) is 4.14. The molecule has 0 saturated heterocycles. The van der Waals surface area contributed by atoms with Crippen molar-refractivity contribution in [3.8, 4) is 5.75 Å². The Bertz CT molecular complexity index is 791. The van der Waals surface area contributed by atoms with Gasteiger partial charge >= 0.3 is 0 Å². The van der Waals surface area contributed by atoms with Crippen LogP contribution in [0.4, 0.5) is 10.1 Å². The molecule has 0 saturated carbocycles. The van der Waals surface area contributed by atoms with Crippen molar-refractivity contribution in [2.75, 3.05) is 12.3 Å². The predicted molar refractivity (Wildman–Crippen MR) is 77.8 cm³/mol. The smallest absolute Gasteiger partial charge is 0.181 e. The van der Waals surface area contributed by atoms with Crippen LogP contribution in [0.3, 0.4) is 0 Å². The van der Waals surface area contributed by atoms with Gasteiger partial charge in [-0.25, -0.2) is 19.3 Å². The molecule has 2 aromatic heterocycles. The second-order valence-corrected chi connectivity index (χ2v) is 5.17. The first-order chi connectivity index (χ1) is 10.2. The molecule has 0 aliphatic rings. The monoisotopic (exact) mass is 305 g/mol. The van der Waals surface area contributed by atoms with Crippen LogP contribution in [-0.4, -0.2) is 26.5 Å². The summed E-state index contributed by atoms with van der Waals surface area (Å²) in [6, 6.07) is 2.82. The molecule has 3 rings (SSSR count). The quantitative estimate of drug-likeness (QED) is 0.569. The Balaban J connectivity index is 2.01. The molecule has 8 heteroatoms. The molecule has 0 aliphatic carbocycles. The van der Waals surface area contributed by atoms with Gasteiger partial charge in [0.25, 0.3) is 0 Å². The van der Waals surface area contributed by atoms with Gasteiger partial charge in [0.15, 0.2) is 17.2 Å². The number of aromatic nitrogens is 4. The van der Waals surface area contributed by atoms with Crippen molar-refractivity contribution in [1.29, 1.82) is 0 Å². The fourth-order valence-electron chi connectivity index (χ4n) is 1.83. The zero-order valence-electron chi connectivity index (χ0n) is 11.1. The Hall–Kier alpha value is -2.35. The summed E-state index contributed by atoms with van der Waals surface area (Å²) in [4.78, 5) is 16.0. The SMILES string of the molecule is CCOc1cc(Sc2ncnc3nc[nH]c23)c(N)cc1F. The predicted octanol–water partition coefficient (Wildman–Crippen LogP) is 2.62. The van der Waals surface area contributed by atoms with Gasteiger partial charge in [-0.1, -0.05) is 11.8 Å². The normalized spacial score (nSPS) is 11.0. The van der Waals surface area contributed by atoms with E-state index >= 15 is 0 Å². The zero-order chi connectivity index (χ0) is 14.8. The van der Waals surface area contributed by atoms with Gasteiger partial charge in [0, 0.05) is 16.6 Å². The van der Waals surface area contributed by atoms with Crippen molar-refractivity contribution in [3.05, 3.63) is 30.6 Å².